The highest BCUT2D eigenvalue weighted by Gasteiger charge is 2.06. The maximum Gasteiger partial charge on any atom is 0.220 e. The lowest BCUT2D eigenvalue weighted by molar-refractivity contribution is 1.15. The number of rotatable bonds is 1. The van der Waals surface area contributed by atoms with E-state index in [9.17, 15) is 0 Å². The van der Waals surface area contributed by atoms with E-state index in [0.29, 0.717) is 5.95 Å². The summed E-state index contributed by atoms with van der Waals surface area (Å²) in [7, 11) is 0. The van der Waals surface area contributed by atoms with Gasteiger partial charge in [0.15, 0.2) is 0 Å². The molecule has 0 unspecified atom stereocenters. The molecular weight excluding hydrogens is 194 g/mol. The van der Waals surface area contributed by atoms with Gasteiger partial charge in [0.05, 0.1) is 5.69 Å². The second kappa shape index (κ2) is 3.38. The van der Waals surface area contributed by atoms with Crippen LogP contribution in [0.4, 0.5) is 5.95 Å². The van der Waals surface area contributed by atoms with Gasteiger partial charge in [-0.3, -0.25) is 0 Å². The van der Waals surface area contributed by atoms with Crippen molar-refractivity contribution in [2.45, 2.75) is 13.8 Å². The van der Waals surface area contributed by atoms with E-state index in [1.54, 1.807) is 17.5 Å². The topological polar surface area (TPSA) is 51.8 Å². The number of nitrogen functional groups attached to an aromatic ring is 1. The molecule has 0 fully saturated rings. The molecule has 0 amide bonds. The summed E-state index contributed by atoms with van der Waals surface area (Å²) in [5.41, 5.74) is 8.66. The molecule has 72 valence electrons. The third kappa shape index (κ3) is 1.61. The quantitative estimate of drug-likeness (QED) is 0.777. The Hall–Kier alpha value is -1.42. The summed E-state index contributed by atoms with van der Waals surface area (Å²) >= 11 is 1.71. The van der Waals surface area contributed by atoms with Crippen molar-refractivity contribution in [3.63, 3.8) is 0 Å². The Labute approximate surface area is 86.6 Å². The van der Waals surface area contributed by atoms with Crippen molar-refractivity contribution in [2.75, 3.05) is 5.73 Å². The van der Waals surface area contributed by atoms with Crippen LogP contribution < -0.4 is 5.73 Å². The Morgan fingerprint density at radius 1 is 1.36 bits per heavy atom. The van der Waals surface area contributed by atoms with Crippen molar-refractivity contribution < 1.29 is 0 Å². The summed E-state index contributed by atoms with van der Waals surface area (Å²) < 4.78 is 0. The summed E-state index contributed by atoms with van der Waals surface area (Å²) in [5.74, 6) is 0.328. The zero-order valence-electron chi connectivity index (χ0n) is 8.11. The summed E-state index contributed by atoms with van der Waals surface area (Å²) in [6.45, 7) is 4.07. The van der Waals surface area contributed by atoms with Gasteiger partial charge in [0.25, 0.3) is 0 Å². The predicted molar refractivity (Wildman–Crippen MR) is 59.2 cm³/mol. The predicted octanol–water partition coefficient (Wildman–Crippen LogP) is 2.40. The fourth-order valence-electron chi connectivity index (χ4n) is 1.32. The van der Waals surface area contributed by atoms with E-state index in [0.717, 1.165) is 16.8 Å². The van der Waals surface area contributed by atoms with Crippen LogP contribution in [0.15, 0.2) is 17.6 Å². The number of hydrogen-bond donors (Lipinski definition) is 1. The van der Waals surface area contributed by atoms with E-state index in [4.69, 9.17) is 5.73 Å². The molecule has 0 aliphatic rings. The van der Waals surface area contributed by atoms with Gasteiger partial charge in [-0.1, -0.05) is 0 Å². The van der Waals surface area contributed by atoms with Crippen LogP contribution in [0.5, 0.6) is 0 Å². The minimum Gasteiger partial charge on any atom is -0.368 e. The lowest BCUT2D eigenvalue weighted by atomic mass is 10.1. The summed E-state index contributed by atoms with van der Waals surface area (Å²) in [6, 6.07) is 2.11. The number of aromatic nitrogens is 2. The first kappa shape index (κ1) is 9.15. The van der Waals surface area contributed by atoms with Crippen LogP contribution in [0, 0.1) is 13.8 Å². The Bertz CT molecular complexity index is 462. The number of hydrogen-bond acceptors (Lipinski definition) is 4. The Kier molecular flexibility index (Phi) is 2.21. The van der Waals surface area contributed by atoms with Gasteiger partial charge in [-0.2, -0.15) is 0 Å². The first-order valence-corrected chi connectivity index (χ1v) is 5.19. The van der Waals surface area contributed by atoms with Crippen LogP contribution in [0.1, 0.15) is 10.4 Å². The van der Waals surface area contributed by atoms with Gasteiger partial charge in [0.2, 0.25) is 5.95 Å². The summed E-state index contributed by atoms with van der Waals surface area (Å²) in [5, 5.41) is 2.09. The third-order valence-corrected chi connectivity index (χ3v) is 2.86. The summed E-state index contributed by atoms with van der Waals surface area (Å²) in [4.78, 5) is 9.45. The molecule has 4 heteroatoms. The average Bonchev–Trinajstić information content (AvgIpc) is 2.56. The Morgan fingerprint density at radius 2 is 2.14 bits per heavy atom. The molecule has 0 bridgehead atoms. The minimum absolute atomic E-state index is 0.328. The maximum atomic E-state index is 5.55. The average molecular weight is 205 g/mol. The van der Waals surface area contributed by atoms with Crippen molar-refractivity contribution in [1.82, 2.24) is 9.97 Å². The van der Waals surface area contributed by atoms with Gasteiger partial charge >= 0.3 is 0 Å². The number of nitrogens with two attached hydrogens (primary N) is 1. The standard InChI is InChI=1S/C10H11N3S/c1-6-4-12-10(11)13-9(6)8-3-7(2)14-5-8/h3-5H,1-2H3,(H2,11,12,13). The van der Waals surface area contributed by atoms with E-state index in [-0.39, 0.29) is 0 Å². The van der Waals surface area contributed by atoms with Gasteiger partial charge in [0.1, 0.15) is 0 Å². The van der Waals surface area contributed by atoms with Gasteiger partial charge in [0, 0.05) is 22.0 Å². The van der Waals surface area contributed by atoms with Gasteiger partial charge < -0.3 is 5.73 Å². The molecule has 0 atom stereocenters. The Morgan fingerprint density at radius 3 is 2.79 bits per heavy atom. The minimum atomic E-state index is 0.328. The van der Waals surface area contributed by atoms with E-state index < -0.39 is 0 Å². The van der Waals surface area contributed by atoms with Crippen molar-refractivity contribution in [1.29, 1.82) is 0 Å². The van der Waals surface area contributed by atoms with E-state index in [1.807, 2.05) is 6.92 Å². The van der Waals surface area contributed by atoms with E-state index in [2.05, 4.69) is 28.3 Å². The van der Waals surface area contributed by atoms with Crippen LogP contribution in [0.3, 0.4) is 0 Å². The SMILES string of the molecule is Cc1cc(-c2nc(N)ncc2C)cs1. The van der Waals surface area contributed by atoms with Crippen molar-refractivity contribution in [3.8, 4) is 11.3 Å². The highest BCUT2D eigenvalue weighted by Crippen LogP contribution is 2.25. The number of nitrogens with zero attached hydrogens (tertiary/aromatic N) is 2. The normalized spacial score (nSPS) is 10.4. The van der Waals surface area contributed by atoms with Crippen LogP contribution in [0.25, 0.3) is 11.3 Å². The molecule has 0 saturated carbocycles. The van der Waals surface area contributed by atoms with E-state index in [1.165, 1.54) is 4.88 Å². The monoisotopic (exact) mass is 205 g/mol. The first-order chi connectivity index (χ1) is 6.66. The number of thiophene rings is 1. The van der Waals surface area contributed by atoms with Gasteiger partial charge in [-0.25, -0.2) is 9.97 Å². The molecule has 0 saturated heterocycles. The van der Waals surface area contributed by atoms with Crippen LogP contribution in [0.2, 0.25) is 0 Å². The first-order valence-electron chi connectivity index (χ1n) is 4.31. The largest absolute Gasteiger partial charge is 0.368 e. The lowest BCUT2D eigenvalue weighted by Gasteiger charge is -2.01. The zero-order valence-corrected chi connectivity index (χ0v) is 8.93. The van der Waals surface area contributed by atoms with Crippen LogP contribution in [-0.2, 0) is 0 Å². The maximum absolute atomic E-state index is 5.55. The fourth-order valence-corrected chi connectivity index (χ4v) is 2.00. The molecule has 0 spiro atoms. The molecule has 2 N–H and O–H groups in total. The molecule has 0 aromatic carbocycles. The van der Waals surface area contributed by atoms with Gasteiger partial charge in [-0.05, 0) is 25.5 Å². The van der Waals surface area contributed by atoms with Crippen LogP contribution in [-0.4, -0.2) is 9.97 Å². The van der Waals surface area contributed by atoms with Crippen molar-refractivity contribution >= 4 is 17.3 Å². The van der Waals surface area contributed by atoms with Crippen molar-refractivity contribution in [2.24, 2.45) is 0 Å². The molecule has 2 rings (SSSR count). The molecule has 3 nitrogen and oxygen atoms in total. The second-order valence-corrected chi connectivity index (χ2v) is 4.32. The number of aryl methyl sites for hydroxylation is 2. The second-order valence-electron chi connectivity index (χ2n) is 3.21. The molecule has 0 aliphatic carbocycles. The van der Waals surface area contributed by atoms with Gasteiger partial charge in [-0.15, -0.1) is 11.3 Å². The highest BCUT2D eigenvalue weighted by molar-refractivity contribution is 7.10. The lowest BCUT2D eigenvalue weighted by Crippen LogP contribution is -1.97. The Balaban J connectivity index is 2.55. The molecule has 0 aliphatic heterocycles. The number of anilines is 1. The third-order valence-electron chi connectivity index (χ3n) is 1.99. The molecule has 14 heavy (non-hydrogen) atoms. The molecule has 2 aromatic heterocycles. The smallest absolute Gasteiger partial charge is 0.220 e. The van der Waals surface area contributed by atoms with Crippen LogP contribution >= 0.6 is 11.3 Å². The fraction of sp³-hybridized carbons (Fsp3) is 0.200. The molecule has 0 radical (unpaired) electrons. The summed E-state index contributed by atoms with van der Waals surface area (Å²) in [6.07, 6.45) is 1.75. The zero-order chi connectivity index (χ0) is 10.1. The van der Waals surface area contributed by atoms with Crippen molar-refractivity contribution in [3.05, 3.63) is 28.1 Å². The van der Waals surface area contributed by atoms with E-state index >= 15 is 0 Å². The molecular formula is C10H11N3S. The molecule has 2 heterocycles. The molecule has 2 aromatic rings. The highest BCUT2D eigenvalue weighted by atomic mass is 32.1.